The molecule has 0 saturated carbocycles. The maximum atomic E-state index is 9.58. The van der Waals surface area contributed by atoms with Crippen LogP contribution in [0.2, 0.25) is 0 Å². The highest BCUT2D eigenvalue weighted by molar-refractivity contribution is 5.17. The van der Waals surface area contributed by atoms with E-state index >= 15 is 0 Å². The molecule has 2 rings (SSSR count). The van der Waals surface area contributed by atoms with E-state index in [-0.39, 0.29) is 18.1 Å². The third-order valence-corrected chi connectivity index (χ3v) is 3.26. The van der Waals surface area contributed by atoms with Gasteiger partial charge in [-0.3, -0.25) is 0 Å². The normalized spacial score (nSPS) is 29.2. The molecule has 16 heavy (non-hydrogen) atoms. The zero-order valence-corrected chi connectivity index (χ0v) is 9.43. The monoisotopic (exact) mass is 218 g/mol. The van der Waals surface area contributed by atoms with Gasteiger partial charge in [-0.2, -0.15) is 0 Å². The van der Waals surface area contributed by atoms with Crippen LogP contribution in [0.3, 0.4) is 0 Å². The second kappa shape index (κ2) is 4.81. The Morgan fingerprint density at radius 1 is 1.44 bits per heavy atom. The van der Waals surface area contributed by atoms with Gasteiger partial charge in [0.25, 0.3) is 0 Å². The lowest BCUT2D eigenvalue weighted by Crippen LogP contribution is -2.28. The Bertz CT molecular complexity index is 347. The third kappa shape index (κ3) is 2.34. The van der Waals surface area contributed by atoms with E-state index in [0.717, 1.165) is 12.8 Å². The molecule has 1 saturated heterocycles. The fraction of sp³-hybridized carbons (Fsp3) is 0.429. The molecule has 1 heterocycles. The van der Waals surface area contributed by atoms with Gasteiger partial charge in [-0.05, 0) is 18.4 Å². The molecule has 1 aromatic carbocycles. The van der Waals surface area contributed by atoms with Crippen molar-refractivity contribution in [2.24, 2.45) is 5.41 Å². The Labute approximate surface area is 96.6 Å². The zero-order valence-electron chi connectivity index (χ0n) is 9.43. The highest BCUT2D eigenvalue weighted by Gasteiger charge is 2.38. The molecule has 1 N–H and O–H groups in total. The topological polar surface area (TPSA) is 29.5 Å². The Morgan fingerprint density at radius 2 is 2.19 bits per heavy atom. The summed E-state index contributed by atoms with van der Waals surface area (Å²) < 4.78 is 5.60. The fourth-order valence-electron chi connectivity index (χ4n) is 2.30. The lowest BCUT2D eigenvalue weighted by molar-refractivity contribution is 0.0835. The van der Waals surface area contributed by atoms with E-state index < -0.39 is 0 Å². The van der Waals surface area contributed by atoms with E-state index in [0.29, 0.717) is 6.61 Å². The van der Waals surface area contributed by atoms with Crippen LogP contribution in [-0.2, 0) is 11.2 Å². The van der Waals surface area contributed by atoms with Crippen LogP contribution in [-0.4, -0.2) is 24.4 Å². The maximum Gasteiger partial charge on any atom is 0.0760 e. The standard InChI is InChI=1S/C14H18O2/c1-2-13-9-14(10-15,11-16-13)8-12-6-4-3-5-7-12/h2-7,13,15H,1,8-11H2/t13-,14+/m0/s1. The van der Waals surface area contributed by atoms with Gasteiger partial charge < -0.3 is 9.84 Å². The number of hydrogen-bond donors (Lipinski definition) is 1. The number of rotatable bonds is 4. The van der Waals surface area contributed by atoms with E-state index in [2.05, 4.69) is 18.7 Å². The molecule has 2 atom stereocenters. The second-order valence-electron chi connectivity index (χ2n) is 4.61. The highest BCUT2D eigenvalue weighted by atomic mass is 16.5. The summed E-state index contributed by atoms with van der Waals surface area (Å²) in [5.74, 6) is 0. The molecule has 0 amide bonds. The molecule has 0 unspecified atom stereocenters. The summed E-state index contributed by atoms with van der Waals surface area (Å²) in [4.78, 5) is 0. The summed E-state index contributed by atoms with van der Waals surface area (Å²) in [6, 6.07) is 10.3. The fourth-order valence-corrected chi connectivity index (χ4v) is 2.30. The molecule has 2 heteroatoms. The summed E-state index contributed by atoms with van der Waals surface area (Å²) in [6.45, 7) is 4.54. The third-order valence-electron chi connectivity index (χ3n) is 3.26. The Morgan fingerprint density at radius 3 is 2.75 bits per heavy atom. The van der Waals surface area contributed by atoms with Crippen molar-refractivity contribution in [1.29, 1.82) is 0 Å². The molecule has 86 valence electrons. The summed E-state index contributed by atoms with van der Waals surface area (Å²) >= 11 is 0. The molecule has 0 bridgehead atoms. The van der Waals surface area contributed by atoms with Crippen molar-refractivity contribution < 1.29 is 9.84 Å². The summed E-state index contributed by atoms with van der Waals surface area (Å²) in [5, 5.41) is 9.58. The lowest BCUT2D eigenvalue weighted by Gasteiger charge is -2.24. The molecule has 1 aliphatic heterocycles. The summed E-state index contributed by atoms with van der Waals surface area (Å²) in [7, 11) is 0. The quantitative estimate of drug-likeness (QED) is 0.785. The van der Waals surface area contributed by atoms with Gasteiger partial charge in [-0.1, -0.05) is 36.4 Å². The van der Waals surface area contributed by atoms with Crippen molar-refractivity contribution in [3.8, 4) is 0 Å². The van der Waals surface area contributed by atoms with Crippen LogP contribution in [0.25, 0.3) is 0 Å². The van der Waals surface area contributed by atoms with Crippen molar-refractivity contribution >= 4 is 0 Å². The largest absolute Gasteiger partial charge is 0.396 e. The van der Waals surface area contributed by atoms with Gasteiger partial charge in [-0.15, -0.1) is 6.58 Å². The first-order chi connectivity index (χ1) is 7.78. The van der Waals surface area contributed by atoms with Crippen LogP contribution >= 0.6 is 0 Å². The van der Waals surface area contributed by atoms with Crippen molar-refractivity contribution in [1.82, 2.24) is 0 Å². The minimum absolute atomic E-state index is 0.0934. The van der Waals surface area contributed by atoms with E-state index in [1.807, 2.05) is 24.3 Å². The summed E-state index contributed by atoms with van der Waals surface area (Å²) in [5.41, 5.74) is 1.13. The molecule has 0 spiro atoms. The van der Waals surface area contributed by atoms with E-state index in [9.17, 15) is 5.11 Å². The van der Waals surface area contributed by atoms with E-state index in [1.54, 1.807) is 0 Å². The van der Waals surface area contributed by atoms with Gasteiger partial charge in [0, 0.05) is 5.41 Å². The molecule has 1 fully saturated rings. The van der Waals surface area contributed by atoms with Gasteiger partial charge in [0.2, 0.25) is 0 Å². The predicted molar refractivity (Wildman–Crippen MR) is 64.2 cm³/mol. The van der Waals surface area contributed by atoms with Gasteiger partial charge >= 0.3 is 0 Å². The molecule has 0 aliphatic carbocycles. The Balaban J connectivity index is 2.09. The number of aliphatic hydroxyl groups is 1. The van der Waals surface area contributed by atoms with Gasteiger partial charge in [0.1, 0.15) is 0 Å². The Hall–Kier alpha value is -1.12. The Kier molecular flexibility index (Phi) is 3.42. The molecule has 0 aromatic heterocycles. The van der Waals surface area contributed by atoms with E-state index in [4.69, 9.17) is 4.74 Å². The molecule has 0 radical (unpaired) electrons. The maximum absolute atomic E-state index is 9.58. The van der Waals surface area contributed by atoms with Crippen molar-refractivity contribution in [3.63, 3.8) is 0 Å². The van der Waals surface area contributed by atoms with Gasteiger partial charge in [0.05, 0.1) is 19.3 Å². The van der Waals surface area contributed by atoms with Gasteiger partial charge in [-0.25, -0.2) is 0 Å². The van der Waals surface area contributed by atoms with Gasteiger partial charge in [0.15, 0.2) is 0 Å². The first-order valence-electron chi connectivity index (χ1n) is 5.67. The second-order valence-corrected chi connectivity index (χ2v) is 4.61. The first-order valence-corrected chi connectivity index (χ1v) is 5.67. The number of hydrogen-bond acceptors (Lipinski definition) is 2. The number of ether oxygens (including phenoxy) is 1. The minimum atomic E-state index is -0.125. The molecule has 1 aliphatic rings. The van der Waals surface area contributed by atoms with E-state index in [1.165, 1.54) is 5.56 Å². The number of benzene rings is 1. The number of aliphatic hydroxyl groups excluding tert-OH is 1. The van der Waals surface area contributed by atoms with Crippen molar-refractivity contribution in [3.05, 3.63) is 48.6 Å². The summed E-state index contributed by atoms with van der Waals surface area (Å²) in [6.07, 6.45) is 3.65. The average Bonchev–Trinajstić information content (AvgIpc) is 2.75. The zero-order chi connectivity index (χ0) is 11.4. The van der Waals surface area contributed by atoms with Crippen LogP contribution in [0, 0.1) is 5.41 Å². The lowest BCUT2D eigenvalue weighted by atomic mass is 9.80. The predicted octanol–water partition coefficient (Wildman–Crippen LogP) is 2.18. The molecular formula is C14H18O2. The van der Waals surface area contributed by atoms with Crippen molar-refractivity contribution in [2.75, 3.05) is 13.2 Å². The van der Waals surface area contributed by atoms with Crippen LogP contribution < -0.4 is 0 Å². The SMILES string of the molecule is C=C[C@H]1C[C@@](CO)(Cc2ccccc2)CO1. The van der Waals surface area contributed by atoms with Crippen LogP contribution in [0.4, 0.5) is 0 Å². The van der Waals surface area contributed by atoms with Crippen LogP contribution in [0.5, 0.6) is 0 Å². The minimum Gasteiger partial charge on any atom is -0.396 e. The highest BCUT2D eigenvalue weighted by Crippen LogP contribution is 2.36. The first kappa shape index (κ1) is 11.4. The molecular weight excluding hydrogens is 200 g/mol. The molecule has 1 aromatic rings. The molecule has 2 nitrogen and oxygen atoms in total. The smallest absolute Gasteiger partial charge is 0.0760 e. The van der Waals surface area contributed by atoms with Crippen LogP contribution in [0.15, 0.2) is 43.0 Å². The van der Waals surface area contributed by atoms with Crippen LogP contribution in [0.1, 0.15) is 12.0 Å². The average molecular weight is 218 g/mol. The van der Waals surface area contributed by atoms with Crippen molar-refractivity contribution in [2.45, 2.75) is 18.9 Å².